The smallest absolute Gasteiger partial charge is 0.243 e. The molecule has 3 aromatic rings. The van der Waals surface area contributed by atoms with Crippen molar-refractivity contribution in [1.29, 1.82) is 0 Å². The van der Waals surface area contributed by atoms with Crippen LogP contribution in [0.5, 0.6) is 0 Å². The number of rotatable bonds is 4. The van der Waals surface area contributed by atoms with Crippen LogP contribution < -0.4 is 0 Å². The highest BCUT2D eigenvalue weighted by Gasteiger charge is 2.33. The third kappa shape index (κ3) is 3.63. The van der Waals surface area contributed by atoms with Crippen molar-refractivity contribution in [3.63, 3.8) is 0 Å². The highest BCUT2D eigenvalue weighted by atomic mass is 32.2. The van der Waals surface area contributed by atoms with Gasteiger partial charge in [0.25, 0.3) is 0 Å². The first kappa shape index (κ1) is 17.8. The molecule has 8 heteroatoms. The van der Waals surface area contributed by atoms with Crippen LogP contribution in [0.25, 0.3) is 11.4 Å². The van der Waals surface area contributed by atoms with E-state index >= 15 is 0 Å². The molecule has 1 aliphatic heterocycles. The Bertz CT molecular complexity index is 1040. The molecule has 0 saturated carbocycles. The van der Waals surface area contributed by atoms with E-state index in [0.29, 0.717) is 30.2 Å². The zero-order valence-electron chi connectivity index (χ0n) is 14.5. The maximum atomic E-state index is 13.4. The van der Waals surface area contributed by atoms with Gasteiger partial charge in [-0.2, -0.15) is 9.29 Å². The molecular weight excluding hydrogens is 369 g/mol. The summed E-state index contributed by atoms with van der Waals surface area (Å²) in [6.07, 6.45) is 1.46. The molecule has 1 atom stereocenters. The lowest BCUT2D eigenvalue weighted by atomic mass is 10.00. The van der Waals surface area contributed by atoms with E-state index in [-0.39, 0.29) is 23.2 Å². The summed E-state index contributed by atoms with van der Waals surface area (Å²) < 4.78 is 45.9. The van der Waals surface area contributed by atoms with Crippen molar-refractivity contribution >= 4 is 10.0 Å². The van der Waals surface area contributed by atoms with Gasteiger partial charge in [0.2, 0.25) is 21.7 Å². The maximum absolute atomic E-state index is 13.4. The van der Waals surface area contributed by atoms with Crippen LogP contribution in [-0.4, -0.2) is 36.0 Å². The van der Waals surface area contributed by atoms with Gasteiger partial charge in [-0.1, -0.05) is 35.5 Å². The summed E-state index contributed by atoms with van der Waals surface area (Å²) in [5.41, 5.74) is 0.523. The molecule has 0 amide bonds. The van der Waals surface area contributed by atoms with Gasteiger partial charge < -0.3 is 4.52 Å². The van der Waals surface area contributed by atoms with Gasteiger partial charge in [0.05, 0.1) is 10.8 Å². The lowest BCUT2D eigenvalue weighted by Crippen LogP contribution is -2.39. The Morgan fingerprint density at radius 2 is 1.93 bits per heavy atom. The minimum atomic E-state index is -3.56. The first-order chi connectivity index (χ1) is 13.0. The average Bonchev–Trinajstić information content (AvgIpc) is 3.19. The zero-order chi connectivity index (χ0) is 18.9. The molecule has 27 heavy (non-hydrogen) atoms. The van der Waals surface area contributed by atoms with Crippen LogP contribution in [0, 0.1) is 5.82 Å². The molecule has 0 N–H and O–H groups in total. The molecule has 1 aliphatic rings. The Balaban J connectivity index is 1.56. The Hall–Kier alpha value is -2.58. The average molecular weight is 387 g/mol. The molecule has 140 valence electrons. The Morgan fingerprint density at radius 1 is 1.11 bits per heavy atom. The second-order valence-electron chi connectivity index (χ2n) is 6.48. The fourth-order valence-corrected chi connectivity index (χ4v) is 4.79. The Labute approximate surface area is 156 Å². The van der Waals surface area contributed by atoms with Gasteiger partial charge in [0.1, 0.15) is 5.82 Å². The van der Waals surface area contributed by atoms with E-state index in [1.165, 1.54) is 16.4 Å². The summed E-state index contributed by atoms with van der Waals surface area (Å²) in [5, 5.41) is 3.93. The van der Waals surface area contributed by atoms with Crippen LogP contribution in [0.2, 0.25) is 0 Å². The van der Waals surface area contributed by atoms with Crippen molar-refractivity contribution in [3.8, 4) is 11.4 Å². The topological polar surface area (TPSA) is 76.3 Å². The second kappa shape index (κ2) is 7.21. The molecule has 4 rings (SSSR count). The third-order valence-electron chi connectivity index (χ3n) is 4.64. The predicted molar refractivity (Wildman–Crippen MR) is 96.9 cm³/mol. The minimum absolute atomic E-state index is 0.188. The van der Waals surface area contributed by atoms with Crippen LogP contribution in [0.15, 0.2) is 64.0 Å². The molecule has 2 heterocycles. The molecular formula is C19H18FN3O3S. The van der Waals surface area contributed by atoms with Gasteiger partial charge in [-0.15, -0.1) is 0 Å². The van der Waals surface area contributed by atoms with Crippen molar-refractivity contribution in [2.75, 3.05) is 13.1 Å². The van der Waals surface area contributed by atoms with E-state index in [2.05, 4.69) is 10.1 Å². The monoisotopic (exact) mass is 387 g/mol. The van der Waals surface area contributed by atoms with Gasteiger partial charge in [0, 0.05) is 18.7 Å². The van der Waals surface area contributed by atoms with E-state index in [9.17, 15) is 12.8 Å². The summed E-state index contributed by atoms with van der Waals surface area (Å²) in [6.45, 7) is 0.737. The zero-order valence-corrected chi connectivity index (χ0v) is 15.3. The molecule has 6 nitrogen and oxygen atoms in total. The summed E-state index contributed by atoms with van der Waals surface area (Å²) in [7, 11) is -3.56. The molecule has 2 aromatic carbocycles. The van der Waals surface area contributed by atoms with Crippen LogP contribution >= 0.6 is 0 Å². The van der Waals surface area contributed by atoms with Crippen LogP contribution in [0.1, 0.15) is 24.7 Å². The van der Waals surface area contributed by atoms with Crippen molar-refractivity contribution in [2.24, 2.45) is 0 Å². The van der Waals surface area contributed by atoms with E-state index in [4.69, 9.17) is 4.52 Å². The molecule has 1 aromatic heterocycles. The van der Waals surface area contributed by atoms with Crippen LogP contribution in [-0.2, 0) is 10.0 Å². The number of nitrogens with zero attached hydrogens (tertiary/aromatic N) is 3. The van der Waals surface area contributed by atoms with Gasteiger partial charge in [-0.3, -0.25) is 0 Å². The Morgan fingerprint density at radius 3 is 2.70 bits per heavy atom. The first-order valence-electron chi connectivity index (χ1n) is 8.69. The predicted octanol–water partition coefficient (Wildman–Crippen LogP) is 3.44. The maximum Gasteiger partial charge on any atom is 0.243 e. The lowest BCUT2D eigenvalue weighted by molar-refractivity contribution is 0.265. The summed E-state index contributed by atoms with van der Waals surface area (Å²) in [5.74, 6) is 0.110. The molecule has 1 unspecified atom stereocenters. The largest absolute Gasteiger partial charge is 0.339 e. The van der Waals surface area contributed by atoms with Gasteiger partial charge in [-0.25, -0.2) is 12.8 Å². The van der Waals surface area contributed by atoms with E-state index in [1.807, 2.05) is 0 Å². The number of hydrogen-bond donors (Lipinski definition) is 0. The Kier molecular flexibility index (Phi) is 4.75. The fraction of sp³-hybridized carbons (Fsp3) is 0.263. The van der Waals surface area contributed by atoms with E-state index < -0.39 is 10.0 Å². The minimum Gasteiger partial charge on any atom is -0.339 e. The number of piperidine rings is 1. The number of aromatic nitrogens is 2. The van der Waals surface area contributed by atoms with E-state index in [1.54, 1.807) is 42.5 Å². The second-order valence-corrected chi connectivity index (χ2v) is 8.42. The van der Waals surface area contributed by atoms with Crippen molar-refractivity contribution in [2.45, 2.75) is 23.7 Å². The summed E-state index contributed by atoms with van der Waals surface area (Å²) in [4.78, 5) is 4.64. The van der Waals surface area contributed by atoms with Gasteiger partial charge in [-0.05, 0) is 37.1 Å². The standard InChI is InChI=1S/C19H18FN3O3S/c20-16-8-4-6-14(12-16)18-21-19(26-22-18)15-7-5-11-23(13-15)27(24,25)17-9-2-1-3-10-17/h1-4,6,8-10,12,15H,5,7,11,13H2. The normalized spacial score (nSPS) is 18.5. The molecule has 1 fully saturated rings. The third-order valence-corrected chi connectivity index (χ3v) is 6.52. The van der Waals surface area contributed by atoms with Crippen LogP contribution in [0.3, 0.4) is 0 Å². The fourth-order valence-electron chi connectivity index (χ4n) is 3.25. The molecule has 1 saturated heterocycles. The van der Waals surface area contributed by atoms with Crippen molar-refractivity contribution < 1.29 is 17.3 Å². The van der Waals surface area contributed by atoms with Gasteiger partial charge >= 0.3 is 0 Å². The number of benzene rings is 2. The van der Waals surface area contributed by atoms with Crippen molar-refractivity contribution in [1.82, 2.24) is 14.4 Å². The molecule has 0 bridgehead atoms. The van der Waals surface area contributed by atoms with E-state index in [0.717, 1.165) is 6.42 Å². The highest BCUT2D eigenvalue weighted by Crippen LogP contribution is 2.30. The number of hydrogen-bond acceptors (Lipinski definition) is 5. The van der Waals surface area contributed by atoms with Crippen LogP contribution in [0.4, 0.5) is 4.39 Å². The highest BCUT2D eigenvalue weighted by molar-refractivity contribution is 7.89. The SMILES string of the molecule is O=S(=O)(c1ccccc1)N1CCCC(c2nc(-c3cccc(F)c3)no2)C1. The van der Waals surface area contributed by atoms with Crippen molar-refractivity contribution in [3.05, 3.63) is 66.3 Å². The first-order valence-corrected chi connectivity index (χ1v) is 10.1. The number of sulfonamides is 1. The summed E-state index contributed by atoms with van der Waals surface area (Å²) >= 11 is 0. The molecule has 0 spiro atoms. The lowest BCUT2D eigenvalue weighted by Gasteiger charge is -2.30. The number of halogens is 1. The quantitative estimate of drug-likeness (QED) is 0.685. The van der Waals surface area contributed by atoms with Gasteiger partial charge in [0.15, 0.2) is 0 Å². The summed E-state index contributed by atoms with van der Waals surface area (Å²) in [6, 6.07) is 14.3. The molecule has 0 radical (unpaired) electrons. The molecule has 0 aliphatic carbocycles.